The van der Waals surface area contributed by atoms with Gasteiger partial charge in [0, 0.05) is 23.7 Å². The van der Waals surface area contributed by atoms with E-state index < -0.39 is 49.1 Å². The fourth-order valence-electron chi connectivity index (χ4n) is 4.29. The molecule has 9 nitrogen and oxygen atoms in total. The third-order valence-electron chi connectivity index (χ3n) is 5.93. The quantitative estimate of drug-likeness (QED) is 0.320. The zero-order valence-electron chi connectivity index (χ0n) is 20.8. The van der Waals surface area contributed by atoms with Crippen molar-refractivity contribution >= 4 is 37.1 Å². The van der Waals surface area contributed by atoms with E-state index in [1.807, 2.05) is 0 Å². The minimum atomic E-state index is -6.07. The van der Waals surface area contributed by atoms with E-state index in [1.165, 1.54) is 36.2 Å². The Morgan fingerprint density at radius 1 is 1.00 bits per heavy atom. The summed E-state index contributed by atoms with van der Waals surface area (Å²) in [5.41, 5.74) is -6.21. The van der Waals surface area contributed by atoms with Gasteiger partial charge in [0.15, 0.2) is 0 Å². The lowest BCUT2D eigenvalue weighted by molar-refractivity contribution is -0.0500. The van der Waals surface area contributed by atoms with Crippen LogP contribution in [0.15, 0.2) is 53.6 Å². The maximum absolute atomic E-state index is 13.5. The Morgan fingerprint density at radius 3 is 2.21 bits per heavy atom. The van der Waals surface area contributed by atoms with Crippen LogP contribution in [0.1, 0.15) is 44.9 Å². The monoisotopic (exact) mass is 574 g/mol. The van der Waals surface area contributed by atoms with Crippen LogP contribution in [-0.2, 0) is 31.3 Å². The average Bonchev–Trinajstić information content (AvgIpc) is 3.09. The zero-order chi connectivity index (χ0) is 28.3. The molecule has 0 N–H and O–H groups in total. The van der Waals surface area contributed by atoms with E-state index in [0.717, 1.165) is 10.0 Å². The van der Waals surface area contributed by atoms with Crippen LogP contribution in [0.2, 0.25) is 0 Å². The lowest BCUT2D eigenvalue weighted by Gasteiger charge is -2.31. The SMILES string of the molecule is CC1c2c(OS(=O)(=O)C(F)(F)F)ccc3c2c(cn3S(=O)(=O)c2ccccc2)CCN1C(=O)OC(C)(C)C. The molecule has 2 aromatic carbocycles. The molecule has 1 aliphatic heterocycles. The molecule has 0 fully saturated rings. The van der Waals surface area contributed by atoms with Crippen molar-refractivity contribution in [2.24, 2.45) is 0 Å². The van der Waals surface area contributed by atoms with Gasteiger partial charge in [-0.3, -0.25) is 0 Å². The second-order valence-corrected chi connectivity index (χ2v) is 13.1. The first-order valence-electron chi connectivity index (χ1n) is 11.4. The van der Waals surface area contributed by atoms with Gasteiger partial charge in [-0.15, -0.1) is 0 Å². The molecule has 3 aromatic rings. The molecule has 14 heteroatoms. The Bertz CT molecular complexity index is 1610. The van der Waals surface area contributed by atoms with Gasteiger partial charge < -0.3 is 13.8 Å². The number of alkyl halides is 3. The van der Waals surface area contributed by atoms with Crippen LogP contribution in [0, 0.1) is 0 Å². The van der Waals surface area contributed by atoms with Gasteiger partial charge in [0.2, 0.25) is 0 Å². The van der Waals surface area contributed by atoms with Crippen LogP contribution in [0.5, 0.6) is 5.75 Å². The number of carbonyl (C=O) groups excluding carboxylic acids is 1. The molecule has 1 amide bonds. The van der Waals surface area contributed by atoms with Gasteiger partial charge in [-0.25, -0.2) is 17.2 Å². The van der Waals surface area contributed by atoms with Gasteiger partial charge in [0.25, 0.3) is 10.0 Å². The van der Waals surface area contributed by atoms with Crippen LogP contribution >= 0.6 is 0 Å². The molecule has 0 saturated carbocycles. The molecule has 0 bridgehead atoms. The van der Waals surface area contributed by atoms with E-state index in [4.69, 9.17) is 4.74 Å². The highest BCUT2D eigenvalue weighted by Gasteiger charge is 2.49. The highest BCUT2D eigenvalue weighted by Crippen LogP contribution is 2.43. The standard InChI is InChI=1S/C24H25F3N2O7S2/c1-15-20-19(36-38(33,34)24(25,26)27)11-10-18-21(20)16(12-13-28(15)22(30)35-23(2,3)4)14-29(18)37(31,32)17-8-6-5-7-9-17/h5-11,14-15H,12-13H2,1-4H3. The molecule has 1 atom stereocenters. The Balaban J connectivity index is 1.96. The molecule has 0 spiro atoms. The molecule has 1 aromatic heterocycles. The van der Waals surface area contributed by atoms with Crippen molar-refractivity contribution in [3.05, 3.63) is 59.8 Å². The summed E-state index contributed by atoms with van der Waals surface area (Å²) < 4.78 is 101. The first-order valence-corrected chi connectivity index (χ1v) is 14.3. The zero-order valence-corrected chi connectivity index (χ0v) is 22.4. The van der Waals surface area contributed by atoms with Crippen LogP contribution in [-0.4, -0.2) is 49.5 Å². The number of aromatic nitrogens is 1. The number of benzene rings is 2. The Labute approximate surface area is 217 Å². The van der Waals surface area contributed by atoms with E-state index in [2.05, 4.69) is 4.18 Å². The predicted molar refractivity (Wildman–Crippen MR) is 132 cm³/mol. The third-order valence-corrected chi connectivity index (χ3v) is 8.59. The number of rotatable bonds is 4. The van der Waals surface area contributed by atoms with Crippen molar-refractivity contribution < 1.29 is 43.7 Å². The van der Waals surface area contributed by atoms with Gasteiger partial charge in [0.1, 0.15) is 11.4 Å². The van der Waals surface area contributed by atoms with Crippen LogP contribution < -0.4 is 4.18 Å². The van der Waals surface area contributed by atoms with Crippen LogP contribution in [0.3, 0.4) is 0 Å². The van der Waals surface area contributed by atoms with Crippen LogP contribution in [0.25, 0.3) is 10.9 Å². The molecule has 4 rings (SSSR count). The number of hydrogen-bond donors (Lipinski definition) is 0. The molecule has 0 saturated heterocycles. The van der Waals surface area contributed by atoms with Gasteiger partial charge >= 0.3 is 21.7 Å². The van der Waals surface area contributed by atoms with Gasteiger partial charge in [-0.1, -0.05) is 18.2 Å². The number of carbonyl (C=O) groups is 1. The van der Waals surface area contributed by atoms with Crippen molar-refractivity contribution in [1.82, 2.24) is 8.87 Å². The summed E-state index contributed by atoms with van der Waals surface area (Å²) in [5, 5.41) is 0.179. The second kappa shape index (κ2) is 9.19. The van der Waals surface area contributed by atoms with Gasteiger partial charge in [-0.2, -0.15) is 21.6 Å². The highest BCUT2D eigenvalue weighted by atomic mass is 32.2. The molecule has 38 heavy (non-hydrogen) atoms. The summed E-state index contributed by atoms with van der Waals surface area (Å²) in [4.78, 5) is 14.2. The lowest BCUT2D eigenvalue weighted by Crippen LogP contribution is -2.39. The van der Waals surface area contributed by atoms with Gasteiger partial charge in [0.05, 0.1) is 16.5 Å². The maximum Gasteiger partial charge on any atom is 0.534 e. The number of hydrogen-bond acceptors (Lipinski definition) is 7. The van der Waals surface area contributed by atoms with Crippen LogP contribution in [0.4, 0.5) is 18.0 Å². The molecule has 1 aliphatic rings. The molecule has 0 aliphatic carbocycles. The summed E-state index contributed by atoms with van der Waals surface area (Å²) in [6, 6.07) is 8.62. The first-order chi connectivity index (χ1) is 17.4. The van der Waals surface area contributed by atoms with Crippen molar-refractivity contribution in [2.75, 3.05) is 6.54 Å². The van der Waals surface area contributed by atoms with Crippen molar-refractivity contribution in [1.29, 1.82) is 0 Å². The van der Waals surface area contributed by atoms with E-state index in [9.17, 15) is 34.8 Å². The van der Waals surface area contributed by atoms with E-state index in [-0.39, 0.29) is 34.3 Å². The molecule has 2 heterocycles. The summed E-state index contributed by atoms with van der Waals surface area (Å²) in [6.45, 7) is 6.42. The van der Waals surface area contributed by atoms with Gasteiger partial charge in [-0.05, 0) is 63.9 Å². The number of ether oxygens (including phenoxy) is 1. The van der Waals surface area contributed by atoms with E-state index in [1.54, 1.807) is 39.0 Å². The Hall–Kier alpha value is -3.26. The van der Waals surface area contributed by atoms with Crippen molar-refractivity contribution in [3.8, 4) is 5.75 Å². The summed E-state index contributed by atoms with van der Waals surface area (Å²) in [7, 11) is -10.2. The third kappa shape index (κ3) is 4.94. The lowest BCUT2D eigenvalue weighted by atomic mass is 10.00. The number of nitrogens with zero attached hydrogens (tertiary/aromatic N) is 2. The summed E-state index contributed by atoms with van der Waals surface area (Å²) in [6.07, 6.45) is 0.658. The smallest absolute Gasteiger partial charge is 0.444 e. The number of amides is 1. The molecular formula is C24H25F3N2O7S2. The minimum Gasteiger partial charge on any atom is -0.444 e. The van der Waals surface area contributed by atoms with Crippen molar-refractivity contribution in [2.45, 2.75) is 56.2 Å². The van der Waals surface area contributed by atoms with Crippen molar-refractivity contribution in [3.63, 3.8) is 0 Å². The summed E-state index contributed by atoms with van der Waals surface area (Å²) in [5.74, 6) is -0.672. The summed E-state index contributed by atoms with van der Waals surface area (Å²) >= 11 is 0. The Kier molecular flexibility index (Phi) is 6.71. The normalized spacial score (nSPS) is 16.8. The highest BCUT2D eigenvalue weighted by molar-refractivity contribution is 7.90. The average molecular weight is 575 g/mol. The topological polar surface area (TPSA) is 112 Å². The van der Waals surface area contributed by atoms with E-state index in [0.29, 0.717) is 5.56 Å². The minimum absolute atomic E-state index is 0.0146. The molecule has 1 unspecified atom stereocenters. The predicted octanol–water partition coefficient (Wildman–Crippen LogP) is 4.96. The molecular weight excluding hydrogens is 549 g/mol. The second-order valence-electron chi connectivity index (χ2n) is 9.72. The first kappa shape index (κ1) is 27.8. The largest absolute Gasteiger partial charge is 0.534 e. The fraction of sp³-hybridized carbons (Fsp3) is 0.375. The molecule has 0 radical (unpaired) electrons. The van der Waals surface area contributed by atoms with E-state index >= 15 is 0 Å². The Morgan fingerprint density at radius 2 is 1.63 bits per heavy atom. The number of halogens is 3. The maximum atomic E-state index is 13.5. The fourth-order valence-corrected chi connectivity index (χ4v) is 6.17. The molecule has 206 valence electrons.